The lowest BCUT2D eigenvalue weighted by molar-refractivity contribution is -0.153. The number of nitrogens with two attached hydrogens (primary N) is 1. The predicted octanol–water partition coefficient (Wildman–Crippen LogP) is -0.345. The first kappa shape index (κ1) is 24.8. The molecule has 0 spiro atoms. The normalized spacial score (nSPS) is 28.7. The quantitative estimate of drug-likeness (QED) is 0.336. The molecule has 4 aliphatic rings. The highest BCUT2D eigenvalue weighted by molar-refractivity contribution is 6.24. The molecule has 196 valence electrons. The van der Waals surface area contributed by atoms with E-state index in [4.69, 9.17) is 10.5 Å². The van der Waals surface area contributed by atoms with Crippen LogP contribution in [-0.4, -0.2) is 90.0 Å². The number of nitrogens with one attached hydrogen (secondary N) is 1. The van der Waals surface area contributed by atoms with Crippen molar-refractivity contribution >= 4 is 40.5 Å². The lowest BCUT2D eigenvalue weighted by Crippen LogP contribution is -2.65. The standard InChI is InChI=1S/C25H28N4O8/c1-28(2)13-7-12-21(37-8-14(30)27-12)16-10(13)5-9-6-11-18(29(3)4)20(32)17(24(26)35)23(34)25(11,36)22(33)15(9)19(16)31/h7,9,11,18,31,34,36H,5-6,8H2,1-4H3,(H2,26,35)(H,27,30)/t9-,11-,18-,25-/m0/s1. The van der Waals surface area contributed by atoms with E-state index in [2.05, 4.69) is 5.32 Å². The van der Waals surface area contributed by atoms with Gasteiger partial charge < -0.3 is 36.0 Å². The minimum atomic E-state index is -2.65. The number of Topliss-reactive ketones (excluding diaryl/α,β-unsaturated/α-hetero) is 2. The molecule has 0 aromatic heterocycles. The highest BCUT2D eigenvalue weighted by Gasteiger charge is 2.64. The average molecular weight is 513 g/mol. The van der Waals surface area contributed by atoms with E-state index in [0.29, 0.717) is 16.9 Å². The maximum atomic E-state index is 14.0. The molecular formula is C25H28N4O8. The van der Waals surface area contributed by atoms with Crippen molar-refractivity contribution in [3.63, 3.8) is 0 Å². The average Bonchev–Trinajstić information content (AvgIpc) is 2.80. The number of benzene rings is 1. The van der Waals surface area contributed by atoms with Crippen molar-refractivity contribution in [2.24, 2.45) is 17.6 Å². The molecule has 1 aliphatic heterocycles. The smallest absolute Gasteiger partial charge is 0.262 e. The van der Waals surface area contributed by atoms with Crippen LogP contribution < -0.4 is 20.7 Å². The summed E-state index contributed by atoms with van der Waals surface area (Å²) < 4.78 is 5.65. The molecule has 0 saturated heterocycles. The van der Waals surface area contributed by atoms with E-state index in [9.17, 15) is 34.5 Å². The van der Waals surface area contributed by atoms with Crippen LogP contribution in [0.15, 0.2) is 23.0 Å². The van der Waals surface area contributed by atoms with E-state index in [-0.39, 0.29) is 42.2 Å². The number of amides is 2. The van der Waals surface area contributed by atoms with Crippen LogP contribution >= 0.6 is 0 Å². The van der Waals surface area contributed by atoms with Gasteiger partial charge in [0, 0.05) is 31.3 Å². The summed E-state index contributed by atoms with van der Waals surface area (Å²) in [5.74, 6) is -6.53. The Balaban J connectivity index is 1.77. The number of ether oxygens (including phenoxy) is 1. The summed E-state index contributed by atoms with van der Waals surface area (Å²) in [7, 11) is 6.72. The number of fused-ring (bicyclic) bond motifs is 5. The van der Waals surface area contributed by atoms with Crippen molar-refractivity contribution < 1.29 is 39.2 Å². The van der Waals surface area contributed by atoms with Crippen molar-refractivity contribution in [2.45, 2.75) is 24.5 Å². The van der Waals surface area contributed by atoms with E-state index >= 15 is 0 Å². The van der Waals surface area contributed by atoms with Crippen LogP contribution in [-0.2, 0) is 25.6 Å². The van der Waals surface area contributed by atoms with Gasteiger partial charge in [-0.3, -0.25) is 24.1 Å². The summed E-state index contributed by atoms with van der Waals surface area (Å²) >= 11 is 0. The van der Waals surface area contributed by atoms with E-state index in [1.54, 1.807) is 39.2 Å². The second kappa shape index (κ2) is 8.05. The molecule has 1 fully saturated rings. The molecule has 0 unspecified atom stereocenters. The van der Waals surface area contributed by atoms with Gasteiger partial charge in [0.15, 0.2) is 23.7 Å². The van der Waals surface area contributed by atoms with Crippen molar-refractivity contribution in [3.8, 4) is 5.75 Å². The fourth-order valence-corrected chi connectivity index (χ4v) is 6.24. The van der Waals surface area contributed by atoms with Gasteiger partial charge in [0.25, 0.3) is 11.8 Å². The number of ketones is 2. The third kappa shape index (κ3) is 3.22. The zero-order chi connectivity index (χ0) is 27.1. The first-order chi connectivity index (χ1) is 17.3. The maximum Gasteiger partial charge on any atom is 0.262 e. The molecule has 5 rings (SSSR count). The molecule has 0 bridgehead atoms. The zero-order valence-corrected chi connectivity index (χ0v) is 20.8. The molecule has 0 radical (unpaired) electrons. The second-order valence-electron chi connectivity index (χ2n) is 10.3. The van der Waals surface area contributed by atoms with Gasteiger partial charge in [0.1, 0.15) is 17.1 Å². The monoisotopic (exact) mass is 512 g/mol. The van der Waals surface area contributed by atoms with Crippen molar-refractivity contribution in [3.05, 3.63) is 34.1 Å². The maximum absolute atomic E-state index is 14.0. The third-order valence-corrected chi connectivity index (χ3v) is 7.78. The van der Waals surface area contributed by atoms with E-state index in [1.807, 2.05) is 0 Å². The summed E-state index contributed by atoms with van der Waals surface area (Å²) in [6, 6.07) is 0.609. The Morgan fingerprint density at radius 1 is 1.19 bits per heavy atom. The molecule has 37 heavy (non-hydrogen) atoms. The van der Waals surface area contributed by atoms with Crippen LogP contribution in [0.4, 0.5) is 11.4 Å². The summed E-state index contributed by atoms with van der Waals surface area (Å²) in [4.78, 5) is 54.5. The fourth-order valence-electron chi connectivity index (χ4n) is 6.24. The summed E-state index contributed by atoms with van der Waals surface area (Å²) in [5.41, 5.74) is 3.60. The number of aliphatic hydroxyl groups is 3. The largest absolute Gasteiger partial charge is 0.508 e. The SMILES string of the molecule is CN(C)c1cc2c(c3c1C[C@H]1C[C@H]4[C@H](N(C)C)C(=O)C(C(N)=O)=C(O)[C@@]4(O)C(=O)C1=C3O)OCC(=O)N2. The number of likely N-dealkylation sites (N-methyl/N-ethyl adjacent to an activating group) is 1. The van der Waals surface area contributed by atoms with Gasteiger partial charge >= 0.3 is 0 Å². The molecule has 1 aromatic rings. The van der Waals surface area contributed by atoms with E-state index in [1.165, 1.54) is 4.90 Å². The highest BCUT2D eigenvalue weighted by atomic mass is 16.5. The van der Waals surface area contributed by atoms with E-state index in [0.717, 1.165) is 0 Å². The highest BCUT2D eigenvalue weighted by Crippen LogP contribution is 2.55. The number of nitrogens with zero attached hydrogens (tertiary/aromatic N) is 2. The van der Waals surface area contributed by atoms with Crippen molar-refractivity contribution in [1.29, 1.82) is 0 Å². The van der Waals surface area contributed by atoms with Gasteiger partial charge in [0.05, 0.1) is 17.3 Å². The molecule has 4 atom stereocenters. The summed E-state index contributed by atoms with van der Waals surface area (Å²) in [5, 5.41) is 36.9. The van der Waals surface area contributed by atoms with E-state index < -0.39 is 58.0 Å². The Labute approximate surface area is 212 Å². The first-order valence-corrected chi connectivity index (χ1v) is 11.7. The minimum absolute atomic E-state index is 0.0489. The number of hydrogen-bond acceptors (Lipinski definition) is 10. The number of carbonyl (C=O) groups excluding carboxylic acids is 4. The van der Waals surface area contributed by atoms with Crippen LogP contribution in [0.1, 0.15) is 17.5 Å². The Bertz CT molecular complexity index is 1360. The Morgan fingerprint density at radius 3 is 2.46 bits per heavy atom. The van der Waals surface area contributed by atoms with Crippen LogP contribution in [0, 0.1) is 11.8 Å². The Kier molecular flexibility index (Phi) is 5.39. The molecule has 12 nitrogen and oxygen atoms in total. The summed E-state index contributed by atoms with van der Waals surface area (Å²) in [6.07, 6.45) is 0.306. The minimum Gasteiger partial charge on any atom is -0.508 e. The van der Waals surface area contributed by atoms with Gasteiger partial charge in [-0.1, -0.05) is 0 Å². The molecule has 1 heterocycles. The lowest BCUT2D eigenvalue weighted by atomic mass is 9.57. The topological polar surface area (TPSA) is 183 Å². The second-order valence-corrected chi connectivity index (χ2v) is 10.3. The molecule has 12 heteroatoms. The third-order valence-electron chi connectivity index (χ3n) is 7.78. The number of carbonyl (C=O) groups is 4. The van der Waals surface area contributed by atoms with Gasteiger partial charge in [-0.05, 0) is 44.5 Å². The van der Waals surface area contributed by atoms with Crippen LogP contribution in [0.5, 0.6) is 5.75 Å². The summed E-state index contributed by atoms with van der Waals surface area (Å²) in [6.45, 7) is -0.287. The molecular weight excluding hydrogens is 484 g/mol. The number of rotatable bonds is 3. The molecule has 2 amide bonds. The van der Waals surface area contributed by atoms with Gasteiger partial charge in [0.2, 0.25) is 5.78 Å². The molecule has 6 N–H and O–H groups in total. The Hall–Kier alpha value is -3.90. The zero-order valence-electron chi connectivity index (χ0n) is 20.8. The number of primary amides is 1. The van der Waals surface area contributed by atoms with Crippen molar-refractivity contribution in [2.75, 3.05) is 45.0 Å². The molecule has 1 saturated carbocycles. The van der Waals surface area contributed by atoms with Crippen molar-refractivity contribution in [1.82, 2.24) is 4.90 Å². The van der Waals surface area contributed by atoms with Gasteiger partial charge in [-0.2, -0.15) is 0 Å². The Morgan fingerprint density at radius 2 is 1.86 bits per heavy atom. The predicted molar refractivity (Wildman–Crippen MR) is 131 cm³/mol. The first-order valence-electron chi connectivity index (χ1n) is 11.7. The number of anilines is 2. The molecule has 1 aromatic carbocycles. The number of aliphatic hydroxyl groups excluding tert-OH is 2. The van der Waals surface area contributed by atoms with Crippen LogP contribution in [0.25, 0.3) is 5.76 Å². The van der Waals surface area contributed by atoms with Crippen LogP contribution in [0.2, 0.25) is 0 Å². The van der Waals surface area contributed by atoms with Crippen LogP contribution in [0.3, 0.4) is 0 Å². The molecule has 3 aliphatic carbocycles. The van der Waals surface area contributed by atoms with Gasteiger partial charge in [-0.25, -0.2) is 0 Å². The fraction of sp³-hybridized carbons (Fsp3) is 0.440. The lowest BCUT2D eigenvalue weighted by Gasteiger charge is -2.50. The number of hydrogen-bond donors (Lipinski definition) is 5. The van der Waals surface area contributed by atoms with Gasteiger partial charge in [-0.15, -0.1) is 0 Å².